The van der Waals surface area contributed by atoms with Gasteiger partial charge in [-0.3, -0.25) is 9.59 Å². The number of benzene rings is 1. The zero-order valence-corrected chi connectivity index (χ0v) is 15.5. The first-order chi connectivity index (χ1) is 12.9. The van der Waals surface area contributed by atoms with Crippen molar-refractivity contribution in [3.8, 4) is 0 Å². The van der Waals surface area contributed by atoms with Crippen LogP contribution < -0.4 is 5.43 Å². The van der Waals surface area contributed by atoms with Crippen LogP contribution in [-0.4, -0.2) is 33.1 Å². The lowest BCUT2D eigenvalue weighted by Crippen LogP contribution is -2.49. The number of nitrogens with zero attached hydrogens (tertiary/aromatic N) is 3. The number of amides is 1. The molecule has 7 nitrogen and oxygen atoms in total. The van der Waals surface area contributed by atoms with Gasteiger partial charge in [-0.15, -0.1) is 10.2 Å². The summed E-state index contributed by atoms with van der Waals surface area (Å²) in [5.74, 6) is 1.28. The molecule has 27 heavy (non-hydrogen) atoms. The van der Waals surface area contributed by atoms with E-state index in [9.17, 15) is 9.59 Å². The minimum atomic E-state index is -0.118. The van der Waals surface area contributed by atoms with Crippen LogP contribution >= 0.6 is 0 Å². The first-order valence-electron chi connectivity index (χ1n) is 9.08. The molecule has 7 heteroatoms. The van der Waals surface area contributed by atoms with E-state index in [1.54, 1.807) is 25.1 Å². The molecule has 0 saturated carbocycles. The van der Waals surface area contributed by atoms with Crippen LogP contribution in [0.2, 0.25) is 0 Å². The highest BCUT2D eigenvalue weighted by atomic mass is 16.4. The molecular weight excluding hydrogens is 346 g/mol. The second-order valence-corrected chi connectivity index (χ2v) is 7.23. The Hall–Kier alpha value is -2.96. The maximum Gasteiger partial charge on any atom is 0.254 e. The second-order valence-electron chi connectivity index (χ2n) is 7.23. The van der Waals surface area contributed by atoms with E-state index >= 15 is 0 Å². The summed E-state index contributed by atoms with van der Waals surface area (Å²) in [6.07, 6.45) is 2.88. The number of fused-ring (bicyclic) bond motifs is 1. The molecule has 1 aromatic carbocycles. The molecule has 0 radical (unpaired) electrons. The average molecular weight is 367 g/mol. The largest absolute Gasteiger partial charge is 0.464 e. The third-order valence-electron chi connectivity index (χ3n) is 5.23. The number of carbonyl (C=O) groups is 1. The Bertz CT molecular complexity index is 1040. The topological polar surface area (TPSA) is 89.4 Å². The molecule has 3 heterocycles. The van der Waals surface area contributed by atoms with Crippen LogP contribution in [0, 0.1) is 6.92 Å². The molecule has 0 spiro atoms. The van der Waals surface area contributed by atoms with Crippen molar-refractivity contribution >= 4 is 16.9 Å². The van der Waals surface area contributed by atoms with Crippen LogP contribution in [0.5, 0.6) is 0 Å². The van der Waals surface area contributed by atoms with E-state index in [-0.39, 0.29) is 29.3 Å². The summed E-state index contributed by atoms with van der Waals surface area (Å²) in [6, 6.07) is 6.41. The minimum absolute atomic E-state index is 0.0249. The first kappa shape index (κ1) is 17.5. The van der Waals surface area contributed by atoms with Gasteiger partial charge in [0.2, 0.25) is 11.8 Å². The van der Waals surface area contributed by atoms with E-state index in [0.717, 1.165) is 12.8 Å². The molecule has 1 saturated heterocycles. The van der Waals surface area contributed by atoms with Gasteiger partial charge in [0.25, 0.3) is 5.91 Å². The van der Waals surface area contributed by atoms with Crippen molar-refractivity contribution in [2.45, 2.75) is 51.6 Å². The predicted molar refractivity (Wildman–Crippen MR) is 98.6 cm³/mol. The van der Waals surface area contributed by atoms with Crippen molar-refractivity contribution in [3.63, 3.8) is 0 Å². The van der Waals surface area contributed by atoms with Gasteiger partial charge in [-0.1, -0.05) is 0 Å². The Labute approximate surface area is 156 Å². The van der Waals surface area contributed by atoms with E-state index in [1.807, 2.05) is 18.7 Å². The maximum atomic E-state index is 13.2. The summed E-state index contributed by atoms with van der Waals surface area (Å²) in [5, 5.41) is 8.54. The number of likely N-dealkylation sites (tertiary alicyclic amines) is 1. The quantitative estimate of drug-likeness (QED) is 0.690. The Kier molecular flexibility index (Phi) is 4.30. The van der Waals surface area contributed by atoms with E-state index in [0.29, 0.717) is 28.3 Å². The number of rotatable bonds is 2. The van der Waals surface area contributed by atoms with Crippen LogP contribution in [-0.2, 0) is 0 Å². The maximum absolute atomic E-state index is 13.2. The fraction of sp³-hybridized carbons (Fsp3) is 0.400. The second kappa shape index (κ2) is 6.64. The lowest BCUT2D eigenvalue weighted by atomic mass is 9.86. The summed E-state index contributed by atoms with van der Waals surface area (Å²) in [4.78, 5) is 26.9. The highest BCUT2D eigenvalue weighted by Crippen LogP contribution is 2.35. The molecule has 1 aliphatic rings. The smallest absolute Gasteiger partial charge is 0.254 e. The zero-order valence-electron chi connectivity index (χ0n) is 15.5. The number of aromatic nitrogens is 2. The lowest BCUT2D eigenvalue weighted by Gasteiger charge is -2.41. The molecule has 0 bridgehead atoms. The molecule has 3 atom stereocenters. The molecule has 1 aliphatic heterocycles. The molecule has 140 valence electrons. The highest BCUT2D eigenvalue weighted by Gasteiger charge is 2.37. The summed E-state index contributed by atoms with van der Waals surface area (Å²) in [7, 11) is 0. The Balaban J connectivity index is 1.59. The SMILES string of the molecule is Cc1nnc(C2C[C@@H](C)N(C(=O)c3ccc4c(=O)ccoc4c3)[C@@H](C)C2)o1. The summed E-state index contributed by atoms with van der Waals surface area (Å²) >= 11 is 0. The van der Waals surface area contributed by atoms with Crippen molar-refractivity contribution in [1.29, 1.82) is 0 Å². The Morgan fingerprint density at radius 1 is 1.15 bits per heavy atom. The molecule has 0 N–H and O–H groups in total. The molecular formula is C20H21N3O4. The van der Waals surface area contributed by atoms with Gasteiger partial charge in [-0.25, -0.2) is 0 Å². The predicted octanol–water partition coefficient (Wildman–Crippen LogP) is 3.28. The van der Waals surface area contributed by atoms with Gasteiger partial charge in [0.1, 0.15) is 5.58 Å². The van der Waals surface area contributed by atoms with Gasteiger partial charge < -0.3 is 13.7 Å². The number of carbonyl (C=O) groups excluding carboxylic acids is 1. The third-order valence-corrected chi connectivity index (χ3v) is 5.23. The van der Waals surface area contributed by atoms with Gasteiger partial charge in [0.15, 0.2) is 5.43 Å². The molecule has 1 unspecified atom stereocenters. The average Bonchev–Trinajstić information content (AvgIpc) is 3.07. The van der Waals surface area contributed by atoms with Crippen molar-refractivity contribution < 1.29 is 13.6 Å². The van der Waals surface area contributed by atoms with Crippen LogP contribution in [0.3, 0.4) is 0 Å². The van der Waals surface area contributed by atoms with E-state index in [4.69, 9.17) is 8.83 Å². The van der Waals surface area contributed by atoms with Crippen LogP contribution in [0.25, 0.3) is 11.0 Å². The Morgan fingerprint density at radius 3 is 2.56 bits per heavy atom. The van der Waals surface area contributed by atoms with E-state index in [2.05, 4.69) is 10.2 Å². The minimum Gasteiger partial charge on any atom is -0.464 e. The lowest BCUT2D eigenvalue weighted by molar-refractivity contribution is 0.0460. The summed E-state index contributed by atoms with van der Waals surface area (Å²) in [6.45, 7) is 5.84. The van der Waals surface area contributed by atoms with Gasteiger partial charge in [-0.05, 0) is 44.9 Å². The highest BCUT2D eigenvalue weighted by molar-refractivity contribution is 5.97. The third kappa shape index (κ3) is 3.13. The summed E-state index contributed by atoms with van der Waals surface area (Å²) in [5.41, 5.74) is 0.820. The van der Waals surface area contributed by atoms with Crippen molar-refractivity contribution in [1.82, 2.24) is 15.1 Å². The van der Waals surface area contributed by atoms with Gasteiger partial charge in [0, 0.05) is 36.6 Å². The van der Waals surface area contributed by atoms with Gasteiger partial charge >= 0.3 is 0 Å². The molecule has 4 rings (SSSR count). The zero-order chi connectivity index (χ0) is 19.1. The number of aryl methyl sites for hydroxylation is 1. The van der Waals surface area contributed by atoms with Gasteiger partial charge in [0.05, 0.1) is 11.6 Å². The number of piperidine rings is 1. The molecule has 0 aliphatic carbocycles. The molecule has 3 aromatic rings. The number of hydrogen-bond donors (Lipinski definition) is 0. The van der Waals surface area contributed by atoms with Crippen LogP contribution in [0.1, 0.15) is 54.7 Å². The first-order valence-corrected chi connectivity index (χ1v) is 9.08. The van der Waals surface area contributed by atoms with Crippen molar-refractivity contribution in [3.05, 3.63) is 58.1 Å². The fourth-order valence-electron chi connectivity index (χ4n) is 4.02. The van der Waals surface area contributed by atoms with E-state index in [1.165, 1.54) is 12.3 Å². The standard InChI is InChI=1S/C20H21N3O4/c1-11-8-15(19-22-21-13(3)27-19)9-12(2)23(11)20(25)14-4-5-16-17(24)6-7-26-18(16)10-14/h4-7,10-12,15H,8-9H2,1-3H3/t11-,12+,15?. The molecule has 2 aromatic heterocycles. The van der Waals surface area contributed by atoms with Gasteiger partial charge in [-0.2, -0.15) is 0 Å². The van der Waals surface area contributed by atoms with Crippen molar-refractivity contribution in [2.24, 2.45) is 0 Å². The molecule has 1 fully saturated rings. The van der Waals surface area contributed by atoms with Crippen molar-refractivity contribution in [2.75, 3.05) is 0 Å². The Morgan fingerprint density at radius 2 is 1.89 bits per heavy atom. The monoisotopic (exact) mass is 367 g/mol. The van der Waals surface area contributed by atoms with Crippen LogP contribution in [0.4, 0.5) is 0 Å². The fourth-order valence-corrected chi connectivity index (χ4v) is 4.02. The number of hydrogen-bond acceptors (Lipinski definition) is 6. The van der Waals surface area contributed by atoms with E-state index < -0.39 is 0 Å². The normalized spacial score (nSPS) is 22.9. The van der Waals surface area contributed by atoms with Crippen LogP contribution in [0.15, 0.2) is 44.2 Å². The molecule has 1 amide bonds. The summed E-state index contributed by atoms with van der Waals surface area (Å²) < 4.78 is 11.0.